The van der Waals surface area contributed by atoms with Crippen molar-refractivity contribution in [3.63, 3.8) is 0 Å². The fourth-order valence-corrected chi connectivity index (χ4v) is 2.07. The van der Waals surface area contributed by atoms with E-state index in [4.69, 9.17) is 4.74 Å². The zero-order chi connectivity index (χ0) is 17.0. The molecule has 2 aromatic rings. The van der Waals surface area contributed by atoms with Crippen molar-refractivity contribution >= 4 is 18.5 Å². The van der Waals surface area contributed by atoms with Crippen LogP contribution in [0.25, 0.3) is 5.57 Å². The molecule has 1 heterocycles. The summed E-state index contributed by atoms with van der Waals surface area (Å²) >= 11 is 0. The highest BCUT2D eigenvalue weighted by molar-refractivity contribution is 5.80. The van der Waals surface area contributed by atoms with Crippen molar-refractivity contribution < 1.29 is 4.74 Å². The molecule has 0 aliphatic heterocycles. The minimum atomic E-state index is 0.562. The smallest absolute Gasteiger partial charge is 0.123 e. The number of benzene rings is 1. The summed E-state index contributed by atoms with van der Waals surface area (Å²) in [5.74, 6) is 0.843. The van der Waals surface area contributed by atoms with E-state index in [2.05, 4.69) is 27.2 Å². The summed E-state index contributed by atoms with van der Waals surface area (Å²) in [5, 5.41) is 3.63. The summed E-state index contributed by atoms with van der Waals surface area (Å²) in [5.41, 5.74) is 5.69. The maximum absolute atomic E-state index is 5.31. The average Bonchev–Trinajstić information content (AvgIpc) is 2.65. The van der Waals surface area contributed by atoms with E-state index in [1.807, 2.05) is 48.6 Å². The summed E-state index contributed by atoms with van der Waals surface area (Å²) in [7, 11) is 1.66. The third-order valence-electron chi connectivity index (χ3n) is 3.23. The van der Waals surface area contributed by atoms with Gasteiger partial charge in [-0.15, -0.1) is 0 Å². The zero-order valence-electron chi connectivity index (χ0n) is 13.6. The number of methoxy groups -OCH3 is 1. The van der Waals surface area contributed by atoms with Crippen LogP contribution in [0, 0.1) is 0 Å². The maximum Gasteiger partial charge on any atom is 0.123 e. The number of rotatable bonds is 8. The number of ether oxygens (including phenoxy) is 1. The summed E-state index contributed by atoms with van der Waals surface area (Å²) in [6.45, 7) is 3.96. The molecule has 0 spiro atoms. The SMILES string of the molecule is C=NNC=C(C=CC=NCc1ccccc1OC)c1cccnc1. The Bertz CT molecular complexity index is 736. The van der Waals surface area contributed by atoms with Gasteiger partial charge in [-0.3, -0.25) is 15.4 Å². The van der Waals surface area contributed by atoms with E-state index in [9.17, 15) is 0 Å². The first kappa shape index (κ1) is 17.1. The van der Waals surface area contributed by atoms with Crippen LogP contribution >= 0.6 is 0 Å². The molecule has 0 radical (unpaired) electrons. The van der Waals surface area contributed by atoms with Gasteiger partial charge in [-0.05, 0) is 18.2 Å². The fraction of sp³-hybridized carbons (Fsp3) is 0.105. The van der Waals surface area contributed by atoms with E-state index in [-0.39, 0.29) is 0 Å². The quantitative estimate of drug-likeness (QED) is 0.460. The van der Waals surface area contributed by atoms with Gasteiger partial charge in [0.15, 0.2) is 0 Å². The van der Waals surface area contributed by atoms with Crippen molar-refractivity contribution in [1.29, 1.82) is 0 Å². The number of nitrogens with one attached hydrogen (secondary N) is 1. The first-order chi connectivity index (χ1) is 11.8. The number of nitrogens with zero attached hydrogens (tertiary/aromatic N) is 3. The van der Waals surface area contributed by atoms with E-state index in [1.165, 1.54) is 0 Å². The van der Waals surface area contributed by atoms with Crippen LogP contribution in [0.1, 0.15) is 11.1 Å². The van der Waals surface area contributed by atoms with E-state index in [1.54, 1.807) is 31.9 Å². The lowest BCUT2D eigenvalue weighted by molar-refractivity contribution is 0.410. The summed E-state index contributed by atoms with van der Waals surface area (Å²) in [6, 6.07) is 11.7. The van der Waals surface area contributed by atoms with Crippen LogP contribution in [0.4, 0.5) is 0 Å². The molecule has 0 atom stereocenters. The lowest BCUT2D eigenvalue weighted by Gasteiger charge is -2.04. The molecule has 0 aliphatic carbocycles. The van der Waals surface area contributed by atoms with Gasteiger partial charge in [-0.2, -0.15) is 5.10 Å². The van der Waals surface area contributed by atoms with Gasteiger partial charge in [-0.25, -0.2) is 0 Å². The van der Waals surface area contributed by atoms with Crippen molar-refractivity contribution in [3.8, 4) is 5.75 Å². The largest absolute Gasteiger partial charge is 0.496 e. The number of hydrazone groups is 1. The van der Waals surface area contributed by atoms with Crippen molar-refractivity contribution in [3.05, 3.63) is 78.3 Å². The number of aliphatic imine (C=N–C) groups is 1. The van der Waals surface area contributed by atoms with Crippen molar-refractivity contribution in [2.75, 3.05) is 7.11 Å². The Labute approximate surface area is 142 Å². The van der Waals surface area contributed by atoms with Crippen molar-refractivity contribution in [2.24, 2.45) is 10.1 Å². The molecule has 5 heteroatoms. The summed E-state index contributed by atoms with van der Waals surface area (Å²) in [4.78, 5) is 8.53. The van der Waals surface area contributed by atoms with Crippen LogP contribution in [-0.4, -0.2) is 25.0 Å². The molecule has 1 N–H and O–H groups in total. The topological polar surface area (TPSA) is 58.9 Å². The molecule has 0 unspecified atom stereocenters. The van der Waals surface area contributed by atoms with Crippen LogP contribution in [0.5, 0.6) is 5.75 Å². The third-order valence-corrected chi connectivity index (χ3v) is 3.23. The van der Waals surface area contributed by atoms with Gasteiger partial charge in [0.05, 0.1) is 13.7 Å². The van der Waals surface area contributed by atoms with E-state index < -0.39 is 0 Å². The molecule has 0 aliphatic rings. The van der Waals surface area contributed by atoms with Gasteiger partial charge < -0.3 is 4.74 Å². The Balaban J connectivity index is 2.03. The number of pyridine rings is 1. The maximum atomic E-state index is 5.31. The molecule has 24 heavy (non-hydrogen) atoms. The van der Waals surface area contributed by atoms with Crippen LogP contribution in [0.2, 0.25) is 0 Å². The highest BCUT2D eigenvalue weighted by Gasteiger charge is 1.99. The van der Waals surface area contributed by atoms with Gasteiger partial charge in [0.1, 0.15) is 5.75 Å². The van der Waals surface area contributed by atoms with Gasteiger partial charge in [0.2, 0.25) is 0 Å². The Hall–Kier alpha value is -3.21. The molecule has 5 nitrogen and oxygen atoms in total. The fourth-order valence-electron chi connectivity index (χ4n) is 2.07. The predicted octanol–water partition coefficient (Wildman–Crippen LogP) is 3.46. The molecule has 0 saturated heterocycles. The second-order valence-corrected chi connectivity index (χ2v) is 4.79. The summed E-state index contributed by atoms with van der Waals surface area (Å²) in [6.07, 6.45) is 10.8. The van der Waals surface area contributed by atoms with Gasteiger partial charge in [0.25, 0.3) is 0 Å². The molecule has 0 amide bonds. The van der Waals surface area contributed by atoms with Crippen LogP contribution in [0.15, 0.2) is 77.2 Å². The second-order valence-electron chi connectivity index (χ2n) is 4.79. The molecule has 0 bridgehead atoms. The summed E-state index contributed by atoms with van der Waals surface area (Å²) < 4.78 is 5.31. The number of hydrogen-bond donors (Lipinski definition) is 1. The van der Waals surface area contributed by atoms with E-state index in [0.717, 1.165) is 22.4 Å². The van der Waals surface area contributed by atoms with Crippen LogP contribution in [0.3, 0.4) is 0 Å². The lowest BCUT2D eigenvalue weighted by Crippen LogP contribution is -1.94. The third kappa shape index (κ3) is 5.21. The highest BCUT2D eigenvalue weighted by Crippen LogP contribution is 2.18. The second kappa shape index (κ2) is 9.74. The number of allylic oxidation sites excluding steroid dienone is 3. The first-order valence-electron chi connectivity index (χ1n) is 7.45. The van der Waals surface area contributed by atoms with E-state index in [0.29, 0.717) is 6.54 Å². The molecule has 1 aromatic heterocycles. The van der Waals surface area contributed by atoms with E-state index >= 15 is 0 Å². The zero-order valence-corrected chi connectivity index (χ0v) is 13.6. The first-order valence-corrected chi connectivity index (χ1v) is 7.45. The minimum absolute atomic E-state index is 0.562. The standard InChI is InChI=1S/C19H20N4O/c1-20-23-15-17(16-8-5-11-21-13-16)9-6-12-22-14-18-7-3-4-10-19(18)24-2/h3-13,15,23H,1,14H2,2H3. The van der Waals surface area contributed by atoms with Gasteiger partial charge in [-0.1, -0.05) is 30.3 Å². The monoisotopic (exact) mass is 320 g/mol. The molecule has 2 rings (SSSR count). The molecule has 122 valence electrons. The van der Waals surface area contributed by atoms with Crippen molar-refractivity contribution in [1.82, 2.24) is 10.4 Å². The molecular formula is C19H20N4O. The molecule has 0 fully saturated rings. The highest BCUT2D eigenvalue weighted by atomic mass is 16.5. The van der Waals surface area contributed by atoms with Gasteiger partial charge >= 0.3 is 0 Å². The Morgan fingerprint density at radius 2 is 2.17 bits per heavy atom. The van der Waals surface area contributed by atoms with Crippen LogP contribution < -0.4 is 10.2 Å². The Kier molecular flexibility index (Phi) is 6.96. The predicted molar refractivity (Wildman–Crippen MR) is 99.2 cm³/mol. The number of hydrogen-bond acceptors (Lipinski definition) is 5. The normalized spacial score (nSPS) is 11.8. The Morgan fingerprint density at radius 1 is 1.29 bits per heavy atom. The van der Waals surface area contributed by atoms with Crippen LogP contribution in [-0.2, 0) is 6.54 Å². The molecular weight excluding hydrogens is 300 g/mol. The Morgan fingerprint density at radius 3 is 2.92 bits per heavy atom. The lowest BCUT2D eigenvalue weighted by atomic mass is 10.1. The number of aromatic nitrogens is 1. The minimum Gasteiger partial charge on any atom is -0.496 e. The number of para-hydroxylation sites is 1. The van der Waals surface area contributed by atoms with Crippen molar-refractivity contribution in [2.45, 2.75) is 6.54 Å². The molecule has 0 saturated carbocycles. The van der Waals surface area contributed by atoms with Gasteiger partial charge in [0, 0.05) is 48.2 Å². The average molecular weight is 320 g/mol. The molecule has 1 aromatic carbocycles.